The Morgan fingerprint density at radius 3 is 2.50 bits per heavy atom. The predicted molar refractivity (Wildman–Crippen MR) is 105 cm³/mol. The lowest BCUT2D eigenvalue weighted by molar-refractivity contribution is 0.243. The summed E-state index contributed by atoms with van der Waals surface area (Å²) in [6, 6.07) is 9.14. The van der Waals surface area contributed by atoms with Gasteiger partial charge in [0.1, 0.15) is 17.8 Å². The first-order valence-electron chi connectivity index (χ1n) is 9.34. The molecule has 2 aromatic heterocycles. The molecule has 28 heavy (non-hydrogen) atoms. The molecule has 8 heteroatoms. The van der Waals surface area contributed by atoms with Gasteiger partial charge in [0.15, 0.2) is 11.6 Å². The zero-order valence-electron chi connectivity index (χ0n) is 15.8. The Bertz CT molecular complexity index is 892. The largest absolute Gasteiger partial charge is 0.497 e. The summed E-state index contributed by atoms with van der Waals surface area (Å²) in [5, 5.41) is 4.23. The third-order valence-electron chi connectivity index (χ3n) is 5.01. The van der Waals surface area contributed by atoms with Gasteiger partial charge in [-0.25, -0.2) is 14.4 Å². The molecule has 7 nitrogen and oxygen atoms in total. The van der Waals surface area contributed by atoms with Crippen molar-refractivity contribution in [1.82, 2.24) is 24.6 Å². The lowest BCUT2D eigenvalue weighted by Gasteiger charge is -2.35. The fourth-order valence-electron chi connectivity index (χ4n) is 3.39. The molecule has 0 unspecified atom stereocenters. The van der Waals surface area contributed by atoms with Gasteiger partial charge in [0.05, 0.1) is 13.7 Å². The second-order valence-electron chi connectivity index (χ2n) is 6.69. The Balaban J connectivity index is 1.42. The third-order valence-corrected chi connectivity index (χ3v) is 5.01. The van der Waals surface area contributed by atoms with Gasteiger partial charge in [-0.3, -0.25) is 9.58 Å². The molecule has 1 aliphatic heterocycles. The van der Waals surface area contributed by atoms with Crippen molar-refractivity contribution < 1.29 is 9.13 Å². The lowest BCUT2D eigenvalue weighted by Crippen LogP contribution is -2.47. The van der Waals surface area contributed by atoms with Gasteiger partial charge in [0.25, 0.3) is 0 Å². The monoisotopic (exact) mass is 382 g/mol. The van der Waals surface area contributed by atoms with Crippen molar-refractivity contribution in [3.8, 4) is 17.0 Å². The fourth-order valence-corrected chi connectivity index (χ4v) is 3.39. The standard InChI is InChI=1S/C20H23FN6O/c1-28-17-5-3-16(4-6-17)19-18(21)20(23-15-22-19)26-12-9-25(10-13-26)11-14-27-8-2-7-24-27/h2-8,15H,9-14H2,1H3. The highest BCUT2D eigenvalue weighted by Crippen LogP contribution is 2.28. The van der Waals surface area contributed by atoms with Gasteiger partial charge < -0.3 is 9.64 Å². The number of anilines is 1. The van der Waals surface area contributed by atoms with E-state index in [4.69, 9.17) is 4.74 Å². The average molecular weight is 382 g/mol. The van der Waals surface area contributed by atoms with E-state index >= 15 is 4.39 Å². The van der Waals surface area contributed by atoms with Crippen LogP contribution in [0.5, 0.6) is 5.75 Å². The Hall–Kier alpha value is -3.00. The summed E-state index contributed by atoms with van der Waals surface area (Å²) in [5.41, 5.74) is 1.02. The van der Waals surface area contributed by atoms with Crippen LogP contribution in [-0.2, 0) is 6.54 Å². The van der Waals surface area contributed by atoms with E-state index in [9.17, 15) is 0 Å². The van der Waals surface area contributed by atoms with E-state index in [0.717, 1.165) is 45.0 Å². The molecule has 3 heterocycles. The molecule has 0 aliphatic carbocycles. The molecule has 4 rings (SSSR count). The van der Waals surface area contributed by atoms with E-state index in [1.54, 1.807) is 37.6 Å². The number of piperazine rings is 1. The van der Waals surface area contributed by atoms with Crippen LogP contribution in [0.2, 0.25) is 0 Å². The van der Waals surface area contributed by atoms with Gasteiger partial charge in [0.2, 0.25) is 0 Å². The summed E-state index contributed by atoms with van der Waals surface area (Å²) in [5.74, 6) is 0.717. The minimum atomic E-state index is -0.377. The van der Waals surface area contributed by atoms with Crippen molar-refractivity contribution >= 4 is 5.82 Å². The highest BCUT2D eigenvalue weighted by Gasteiger charge is 2.23. The van der Waals surface area contributed by atoms with Gasteiger partial charge in [-0.2, -0.15) is 5.10 Å². The molecule has 146 valence electrons. The number of hydrogen-bond donors (Lipinski definition) is 0. The lowest BCUT2D eigenvalue weighted by atomic mass is 10.1. The van der Waals surface area contributed by atoms with Crippen molar-refractivity contribution in [2.45, 2.75) is 6.54 Å². The molecule has 1 fully saturated rings. The predicted octanol–water partition coefficient (Wildman–Crippen LogP) is 2.31. The smallest absolute Gasteiger partial charge is 0.191 e. The number of rotatable bonds is 6. The van der Waals surface area contributed by atoms with Crippen LogP contribution in [0.4, 0.5) is 10.2 Å². The van der Waals surface area contributed by atoms with Crippen LogP contribution in [0.15, 0.2) is 49.1 Å². The van der Waals surface area contributed by atoms with Crippen LogP contribution in [0, 0.1) is 5.82 Å². The summed E-state index contributed by atoms with van der Waals surface area (Å²) in [6.45, 7) is 4.98. The molecule has 0 amide bonds. The van der Waals surface area contributed by atoms with Crippen molar-refractivity contribution in [2.24, 2.45) is 0 Å². The summed E-state index contributed by atoms with van der Waals surface area (Å²) in [7, 11) is 1.60. The zero-order chi connectivity index (χ0) is 19.3. The number of halogens is 1. The number of nitrogens with zero attached hydrogens (tertiary/aromatic N) is 6. The Labute approximate surface area is 163 Å². The van der Waals surface area contributed by atoms with Crippen LogP contribution in [0.25, 0.3) is 11.3 Å². The highest BCUT2D eigenvalue weighted by molar-refractivity contribution is 5.64. The van der Waals surface area contributed by atoms with E-state index in [0.29, 0.717) is 17.1 Å². The molecule has 1 aromatic carbocycles. The molecule has 0 spiro atoms. The minimum absolute atomic E-state index is 0.314. The Morgan fingerprint density at radius 2 is 1.82 bits per heavy atom. The van der Waals surface area contributed by atoms with Crippen LogP contribution in [0.1, 0.15) is 0 Å². The van der Waals surface area contributed by atoms with E-state index in [1.165, 1.54) is 6.33 Å². The number of methoxy groups -OCH3 is 1. The first-order chi connectivity index (χ1) is 13.7. The normalized spacial score (nSPS) is 15.0. The maximum absolute atomic E-state index is 15.1. The van der Waals surface area contributed by atoms with E-state index in [1.807, 2.05) is 21.8 Å². The van der Waals surface area contributed by atoms with Crippen LogP contribution >= 0.6 is 0 Å². The molecular weight excluding hydrogens is 359 g/mol. The highest BCUT2D eigenvalue weighted by atomic mass is 19.1. The van der Waals surface area contributed by atoms with Crippen LogP contribution in [-0.4, -0.2) is 64.5 Å². The second kappa shape index (κ2) is 8.35. The summed E-state index contributed by atoms with van der Waals surface area (Å²) < 4.78 is 22.2. The van der Waals surface area contributed by atoms with Crippen molar-refractivity contribution in [1.29, 1.82) is 0 Å². The molecule has 0 atom stereocenters. The molecule has 0 bridgehead atoms. The van der Waals surface area contributed by atoms with Crippen molar-refractivity contribution in [2.75, 3.05) is 44.7 Å². The molecule has 3 aromatic rings. The molecule has 1 saturated heterocycles. The maximum atomic E-state index is 15.1. The van der Waals surface area contributed by atoms with Crippen molar-refractivity contribution in [3.05, 3.63) is 54.9 Å². The van der Waals surface area contributed by atoms with E-state index in [2.05, 4.69) is 20.0 Å². The van der Waals surface area contributed by atoms with Crippen LogP contribution < -0.4 is 9.64 Å². The maximum Gasteiger partial charge on any atom is 0.191 e. The summed E-state index contributed by atoms with van der Waals surface area (Å²) >= 11 is 0. The number of aromatic nitrogens is 4. The van der Waals surface area contributed by atoms with E-state index in [-0.39, 0.29) is 5.82 Å². The molecule has 0 saturated carbocycles. The molecule has 1 aliphatic rings. The fraction of sp³-hybridized carbons (Fsp3) is 0.350. The van der Waals surface area contributed by atoms with E-state index < -0.39 is 0 Å². The topological polar surface area (TPSA) is 59.3 Å². The number of ether oxygens (including phenoxy) is 1. The van der Waals surface area contributed by atoms with Gasteiger partial charge in [-0.05, 0) is 30.3 Å². The Kier molecular flexibility index (Phi) is 5.48. The molecule has 0 N–H and O–H groups in total. The second-order valence-corrected chi connectivity index (χ2v) is 6.69. The van der Waals surface area contributed by atoms with Crippen LogP contribution in [0.3, 0.4) is 0 Å². The minimum Gasteiger partial charge on any atom is -0.497 e. The zero-order valence-corrected chi connectivity index (χ0v) is 15.8. The summed E-state index contributed by atoms with van der Waals surface area (Å²) in [4.78, 5) is 12.7. The van der Waals surface area contributed by atoms with Gasteiger partial charge >= 0.3 is 0 Å². The number of hydrogen-bond acceptors (Lipinski definition) is 6. The quantitative estimate of drug-likeness (QED) is 0.652. The molecule has 0 radical (unpaired) electrons. The van der Waals surface area contributed by atoms with Gasteiger partial charge in [-0.1, -0.05) is 0 Å². The SMILES string of the molecule is COc1ccc(-c2ncnc(N3CCN(CCn4cccn4)CC3)c2F)cc1. The molecular formula is C20H23FN6O. The average Bonchev–Trinajstić information content (AvgIpc) is 3.27. The Morgan fingerprint density at radius 1 is 1.04 bits per heavy atom. The summed E-state index contributed by atoms with van der Waals surface area (Å²) in [6.07, 6.45) is 5.19. The first-order valence-corrected chi connectivity index (χ1v) is 9.34. The third kappa shape index (κ3) is 3.96. The first kappa shape index (κ1) is 18.4. The van der Waals surface area contributed by atoms with Gasteiger partial charge in [0, 0.05) is 50.7 Å². The van der Waals surface area contributed by atoms with Crippen molar-refractivity contribution in [3.63, 3.8) is 0 Å². The van der Waals surface area contributed by atoms with Gasteiger partial charge in [-0.15, -0.1) is 0 Å². The number of benzene rings is 1.